The van der Waals surface area contributed by atoms with Gasteiger partial charge in [-0.15, -0.1) is 0 Å². The van der Waals surface area contributed by atoms with Crippen LogP contribution in [0.5, 0.6) is 0 Å². The predicted molar refractivity (Wildman–Crippen MR) is 54.5 cm³/mol. The van der Waals surface area contributed by atoms with Crippen LogP contribution in [-0.4, -0.2) is 63.4 Å². The molecule has 0 aliphatic carbocycles. The van der Waals surface area contributed by atoms with Crippen LogP contribution in [0.1, 0.15) is 0 Å². The highest BCUT2D eigenvalue weighted by molar-refractivity contribution is 5.80. The second kappa shape index (κ2) is 4.47. The smallest absolute Gasteiger partial charge is 0.228 e. The Hall–Kier alpha value is -0.650. The van der Waals surface area contributed by atoms with Crippen molar-refractivity contribution in [1.29, 1.82) is 0 Å². The van der Waals surface area contributed by atoms with Gasteiger partial charge in [0.25, 0.3) is 0 Å². The third kappa shape index (κ3) is 2.00. The van der Waals surface area contributed by atoms with Crippen molar-refractivity contribution in [1.82, 2.24) is 10.2 Å². The monoisotopic (exact) mass is 214 g/mol. The normalized spacial score (nSPS) is 31.7. The summed E-state index contributed by atoms with van der Waals surface area (Å²) in [7, 11) is 3.32. The minimum absolute atomic E-state index is 0.0204. The number of rotatable bonds is 3. The van der Waals surface area contributed by atoms with Crippen LogP contribution in [0.15, 0.2) is 0 Å². The molecule has 1 amide bonds. The van der Waals surface area contributed by atoms with Gasteiger partial charge in [-0.1, -0.05) is 0 Å². The minimum Gasteiger partial charge on any atom is -0.377 e. The van der Waals surface area contributed by atoms with E-state index in [1.165, 1.54) is 0 Å². The molecule has 0 unspecified atom stereocenters. The topological polar surface area (TPSA) is 50.8 Å². The third-order valence-corrected chi connectivity index (χ3v) is 3.26. The second-order valence-corrected chi connectivity index (χ2v) is 4.15. The van der Waals surface area contributed by atoms with Gasteiger partial charge in [0.2, 0.25) is 5.91 Å². The summed E-state index contributed by atoms with van der Waals surface area (Å²) in [6.07, 6.45) is 0.0407. The molecule has 2 fully saturated rings. The third-order valence-electron chi connectivity index (χ3n) is 3.26. The van der Waals surface area contributed by atoms with Crippen LogP contribution in [0, 0.1) is 5.92 Å². The lowest BCUT2D eigenvalue weighted by Gasteiger charge is -2.30. The fourth-order valence-electron chi connectivity index (χ4n) is 2.10. The first kappa shape index (κ1) is 10.9. The van der Waals surface area contributed by atoms with Crippen LogP contribution < -0.4 is 5.32 Å². The molecule has 0 spiro atoms. The van der Waals surface area contributed by atoms with Gasteiger partial charge in [0.1, 0.15) is 12.2 Å². The summed E-state index contributed by atoms with van der Waals surface area (Å²) in [4.78, 5) is 13.8. The van der Waals surface area contributed by atoms with Crippen LogP contribution in [0.2, 0.25) is 0 Å². The fourth-order valence-corrected chi connectivity index (χ4v) is 2.10. The van der Waals surface area contributed by atoms with E-state index in [-0.39, 0.29) is 24.0 Å². The van der Waals surface area contributed by atoms with Crippen molar-refractivity contribution in [3.05, 3.63) is 0 Å². The summed E-state index contributed by atoms with van der Waals surface area (Å²) in [5.41, 5.74) is 0. The highest BCUT2D eigenvalue weighted by Gasteiger charge is 2.39. The minimum atomic E-state index is 0.0204. The highest BCUT2D eigenvalue weighted by Crippen LogP contribution is 2.19. The van der Waals surface area contributed by atoms with Gasteiger partial charge in [-0.05, 0) is 0 Å². The van der Waals surface area contributed by atoms with Gasteiger partial charge in [0.15, 0.2) is 0 Å². The van der Waals surface area contributed by atoms with E-state index >= 15 is 0 Å². The van der Waals surface area contributed by atoms with E-state index < -0.39 is 0 Å². The van der Waals surface area contributed by atoms with Gasteiger partial charge < -0.3 is 19.7 Å². The maximum atomic E-state index is 11.9. The maximum Gasteiger partial charge on any atom is 0.228 e. The molecule has 0 aromatic rings. The first-order valence-electron chi connectivity index (χ1n) is 5.31. The number of likely N-dealkylation sites (tertiary alicyclic amines) is 1. The second-order valence-electron chi connectivity index (χ2n) is 4.15. The van der Waals surface area contributed by atoms with Gasteiger partial charge in [0, 0.05) is 40.4 Å². The first-order chi connectivity index (χ1) is 7.26. The van der Waals surface area contributed by atoms with Crippen LogP contribution in [0.25, 0.3) is 0 Å². The molecule has 2 rings (SSSR count). The number of nitrogens with one attached hydrogen (secondary N) is 1. The standard InChI is InChI=1S/C10H18N2O3/c1-14-8-5-12(6-9(8)15-2)10(13)7-3-11-4-7/h7-9,11H,3-6H2,1-2H3/t8-,9+. The van der Waals surface area contributed by atoms with Crippen molar-refractivity contribution in [2.75, 3.05) is 40.4 Å². The molecule has 2 atom stereocenters. The molecule has 0 aromatic carbocycles. The lowest BCUT2D eigenvalue weighted by molar-refractivity contribution is -0.136. The molecule has 0 radical (unpaired) electrons. The van der Waals surface area contributed by atoms with Crippen LogP contribution in [-0.2, 0) is 14.3 Å². The summed E-state index contributed by atoms with van der Waals surface area (Å²) >= 11 is 0. The van der Waals surface area contributed by atoms with Crippen molar-refractivity contribution >= 4 is 5.91 Å². The van der Waals surface area contributed by atoms with E-state index in [0.29, 0.717) is 13.1 Å². The van der Waals surface area contributed by atoms with Gasteiger partial charge in [0.05, 0.1) is 5.92 Å². The largest absolute Gasteiger partial charge is 0.377 e. The van der Waals surface area contributed by atoms with E-state index in [1.807, 2.05) is 4.90 Å². The summed E-state index contributed by atoms with van der Waals surface area (Å²) < 4.78 is 10.6. The Morgan fingerprint density at radius 2 is 1.73 bits per heavy atom. The van der Waals surface area contributed by atoms with Crippen LogP contribution in [0.4, 0.5) is 0 Å². The molecular formula is C10H18N2O3. The fraction of sp³-hybridized carbons (Fsp3) is 0.900. The molecule has 2 aliphatic rings. The molecule has 2 aliphatic heterocycles. The van der Waals surface area contributed by atoms with Crippen molar-refractivity contribution < 1.29 is 14.3 Å². The van der Waals surface area contributed by atoms with E-state index in [2.05, 4.69) is 5.32 Å². The predicted octanol–water partition coefficient (Wildman–Crippen LogP) is -0.922. The van der Waals surface area contributed by atoms with E-state index in [0.717, 1.165) is 13.1 Å². The summed E-state index contributed by atoms with van der Waals surface area (Å²) in [5.74, 6) is 0.397. The lowest BCUT2D eigenvalue weighted by Crippen LogP contribution is -2.51. The lowest BCUT2D eigenvalue weighted by atomic mass is 10.0. The molecule has 0 bridgehead atoms. The Morgan fingerprint density at radius 3 is 2.07 bits per heavy atom. The molecule has 15 heavy (non-hydrogen) atoms. The van der Waals surface area contributed by atoms with Crippen molar-refractivity contribution in [3.8, 4) is 0 Å². The van der Waals surface area contributed by atoms with E-state index in [9.17, 15) is 4.79 Å². The number of amides is 1. The van der Waals surface area contributed by atoms with Crippen molar-refractivity contribution in [2.24, 2.45) is 5.92 Å². The number of nitrogens with zero attached hydrogens (tertiary/aromatic N) is 1. The molecular weight excluding hydrogens is 196 g/mol. The molecule has 86 valence electrons. The summed E-state index contributed by atoms with van der Waals surface area (Å²) in [5, 5.41) is 3.11. The molecule has 1 N–H and O–H groups in total. The van der Waals surface area contributed by atoms with E-state index in [4.69, 9.17) is 9.47 Å². The summed E-state index contributed by atoms with van der Waals surface area (Å²) in [6.45, 7) is 2.93. The zero-order valence-electron chi connectivity index (χ0n) is 9.23. The SMILES string of the molecule is CO[C@H]1CN(C(=O)C2CNC2)C[C@H]1OC. The average Bonchev–Trinajstić information content (AvgIpc) is 2.57. The number of ether oxygens (including phenoxy) is 2. The average molecular weight is 214 g/mol. The van der Waals surface area contributed by atoms with Crippen LogP contribution >= 0.6 is 0 Å². The van der Waals surface area contributed by atoms with E-state index in [1.54, 1.807) is 14.2 Å². The quantitative estimate of drug-likeness (QED) is 0.660. The highest BCUT2D eigenvalue weighted by atomic mass is 16.5. The zero-order chi connectivity index (χ0) is 10.8. The Balaban J connectivity index is 1.91. The molecule has 0 aromatic heterocycles. The number of hydrogen-bond donors (Lipinski definition) is 1. The molecule has 0 saturated carbocycles. The Labute approximate surface area is 89.7 Å². The van der Waals surface area contributed by atoms with Gasteiger partial charge >= 0.3 is 0 Å². The van der Waals surface area contributed by atoms with Crippen molar-refractivity contribution in [2.45, 2.75) is 12.2 Å². The Kier molecular flexibility index (Phi) is 3.23. The zero-order valence-corrected chi connectivity index (χ0v) is 9.23. The molecule has 5 nitrogen and oxygen atoms in total. The maximum absolute atomic E-state index is 11.9. The Morgan fingerprint density at radius 1 is 1.20 bits per heavy atom. The van der Waals surface area contributed by atoms with Crippen LogP contribution in [0.3, 0.4) is 0 Å². The molecule has 2 saturated heterocycles. The first-order valence-corrected chi connectivity index (χ1v) is 5.31. The molecule has 2 heterocycles. The van der Waals surface area contributed by atoms with Gasteiger partial charge in [-0.25, -0.2) is 0 Å². The van der Waals surface area contributed by atoms with Crippen molar-refractivity contribution in [3.63, 3.8) is 0 Å². The van der Waals surface area contributed by atoms with Gasteiger partial charge in [-0.2, -0.15) is 0 Å². The number of methoxy groups -OCH3 is 2. The molecule has 5 heteroatoms. The summed E-state index contributed by atoms with van der Waals surface area (Å²) in [6, 6.07) is 0. The Bertz CT molecular complexity index is 231. The number of hydrogen-bond acceptors (Lipinski definition) is 4. The van der Waals surface area contributed by atoms with Gasteiger partial charge in [-0.3, -0.25) is 4.79 Å². The number of carbonyl (C=O) groups is 1. The number of carbonyl (C=O) groups excluding carboxylic acids is 1.